The van der Waals surface area contributed by atoms with Crippen LogP contribution in [0.25, 0.3) is 10.2 Å². The third-order valence-electron chi connectivity index (χ3n) is 5.19. The number of aryl methyl sites for hydroxylation is 2. The first kappa shape index (κ1) is 20.0. The predicted molar refractivity (Wildman–Crippen MR) is 114 cm³/mol. The van der Waals surface area contributed by atoms with Crippen LogP contribution in [0, 0.1) is 0 Å². The van der Waals surface area contributed by atoms with Crippen molar-refractivity contribution in [1.82, 2.24) is 18.8 Å². The number of fused-ring (bicyclic) bond motifs is 3. The van der Waals surface area contributed by atoms with Gasteiger partial charge in [-0.1, -0.05) is 6.42 Å². The number of aromatic nitrogens is 3. The minimum atomic E-state index is -3.65. The van der Waals surface area contributed by atoms with E-state index in [0.717, 1.165) is 33.8 Å². The summed E-state index contributed by atoms with van der Waals surface area (Å²) in [5, 5.41) is 0.937. The predicted octanol–water partition coefficient (Wildman–Crippen LogP) is 2.00. The molecule has 3 aromatic rings. The van der Waals surface area contributed by atoms with Crippen molar-refractivity contribution in [3.63, 3.8) is 0 Å². The Morgan fingerprint density at radius 1 is 1.17 bits per heavy atom. The van der Waals surface area contributed by atoms with Crippen LogP contribution in [-0.4, -0.2) is 41.4 Å². The summed E-state index contributed by atoms with van der Waals surface area (Å²) in [6.45, 7) is 0.0539. The number of nitrogens with two attached hydrogens (primary N) is 1. The summed E-state index contributed by atoms with van der Waals surface area (Å²) in [4.78, 5) is 23.6. The molecular weight excluding hydrogens is 410 g/mol. The Kier molecular flexibility index (Phi) is 5.18. The average molecular weight is 434 g/mol. The molecule has 0 atom stereocenters. The molecule has 3 aromatic heterocycles. The number of anilines is 1. The van der Waals surface area contributed by atoms with Gasteiger partial charge in [0.25, 0.3) is 5.56 Å². The SMILES string of the molecule is CN(C)S(=O)(=O)c1ccc(=O)n(Cc2nc(N)c3c4c(sc3n2)CCCCC4)c1. The fraction of sp³-hybridized carbons (Fsp3) is 0.421. The maximum absolute atomic E-state index is 12.4. The van der Waals surface area contributed by atoms with E-state index in [1.807, 2.05) is 0 Å². The topological polar surface area (TPSA) is 111 Å². The number of hydrogen-bond donors (Lipinski definition) is 1. The van der Waals surface area contributed by atoms with Crippen molar-refractivity contribution in [3.8, 4) is 0 Å². The normalized spacial score (nSPS) is 14.9. The minimum absolute atomic E-state index is 0.0407. The number of sulfonamides is 1. The zero-order valence-electron chi connectivity index (χ0n) is 16.4. The number of hydrogen-bond acceptors (Lipinski definition) is 7. The Hall–Kier alpha value is -2.30. The summed E-state index contributed by atoms with van der Waals surface area (Å²) in [5.41, 5.74) is 7.21. The summed E-state index contributed by atoms with van der Waals surface area (Å²) in [6.07, 6.45) is 6.88. The second-order valence-electron chi connectivity index (χ2n) is 7.39. The molecule has 8 nitrogen and oxygen atoms in total. The van der Waals surface area contributed by atoms with E-state index in [9.17, 15) is 13.2 Å². The van der Waals surface area contributed by atoms with Crippen LogP contribution in [0.15, 0.2) is 28.0 Å². The van der Waals surface area contributed by atoms with E-state index in [2.05, 4.69) is 9.97 Å². The van der Waals surface area contributed by atoms with Gasteiger partial charge in [-0.3, -0.25) is 4.79 Å². The van der Waals surface area contributed by atoms with Crippen LogP contribution in [0.1, 0.15) is 35.5 Å². The summed E-state index contributed by atoms with van der Waals surface area (Å²) < 4.78 is 27.2. The fourth-order valence-electron chi connectivity index (χ4n) is 3.63. The van der Waals surface area contributed by atoms with Gasteiger partial charge in [-0.25, -0.2) is 22.7 Å². The Morgan fingerprint density at radius 3 is 2.69 bits per heavy atom. The lowest BCUT2D eigenvalue weighted by atomic mass is 10.1. The molecule has 3 heterocycles. The van der Waals surface area contributed by atoms with Crippen molar-refractivity contribution < 1.29 is 8.42 Å². The molecule has 4 rings (SSSR count). The Balaban J connectivity index is 1.75. The zero-order valence-corrected chi connectivity index (χ0v) is 18.0. The Morgan fingerprint density at radius 2 is 1.93 bits per heavy atom. The molecule has 1 aliphatic rings. The van der Waals surface area contributed by atoms with E-state index in [4.69, 9.17) is 5.73 Å². The van der Waals surface area contributed by atoms with Crippen LogP contribution in [0.2, 0.25) is 0 Å². The molecule has 0 spiro atoms. The molecular formula is C19H23N5O3S2. The molecule has 0 aromatic carbocycles. The smallest absolute Gasteiger partial charge is 0.251 e. The zero-order chi connectivity index (χ0) is 20.8. The molecule has 0 aliphatic heterocycles. The van der Waals surface area contributed by atoms with Crippen LogP contribution >= 0.6 is 11.3 Å². The van der Waals surface area contributed by atoms with Gasteiger partial charge in [0, 0.05) is 31.2 Å². The fourth-order valence-corrected chi connectivity index (χ4v) is 5.84. The van der Waals surface area contributed by atoms with Gasteiger partial charge >= 0.3 is 0 Å². The average Bonchev–Trinajstić information content (AvgIpc) is 2.85. The molecule has 0 radical (unpaired) electrons. The third kappa shape index (κ3) is 3.67. The quantitative estimate of drug-likeness (QED) is 0.630. The van der Waals surface area contributed by atoms with Crippen molar-refractivity contribution >= 4 is 37.4 Å². The number of pyridine rings is 1. The van der Waals surface area contributed by atoms with Crippen molar-refractivity contribution in [3.05, 3.63) is 44.9 Å². The highest BCUT2D eigenvalue weighted by atomic mass is 32.2. The Bertz CT molecular complexity index is 1240. The molecule has 10 heteroatoms. The first-order valence-electron chi connectivity index (χ1n) is 9.47. The van der Waals surface area contributed by atoms with Gasteiger partial charge in [-0.05, 0) is 37.3 Å². The highest BCUT2D eigenvalue weighted by molar-refractivity contribution is 7.89. The van der Waals surface area contributed by atoms with Gasteiger partial charge < -0.3 is 10.3 Å². The molecule has 29 heavy (non-hydrogen) atoms. The van der Waals surface area contributed by atoms with Crippen LogP contribution < -0.4 is 11.3 Å². The van der Waals surface area contributed by atoms with Gasteiger partial charge in [0.2, 0.25) is 10.0 Å². The largest absolute Gasteiger partial charge is 0.383 e. The van der Waals surface area contributed by atoms with Crippen molar-refractivity contribution in [2.75, 3.05) is 19.8 Å². The number of thiophene rings is 1. The van der Waals surface area contributed by atoms with Gasteiger partial charge in [0.15, 0.2) is 5.82 Å². The summed E-state index contributed by atoms with van der Waals surface area (Å²) in [6, 6.07) is 2.55. The van der Waals surface area contributed by atoms with E-state index < -0.39 is 10.0 Å². The summed E-state index contributed by atoms with van der Waals surface area (Å²) in [7, 11) is -0.751. The maximum Gasteiger partial charge on any atom is 0.251 e. The standard InChI is InChI=1S/C19H23N5O3S2/c1-23(2)29(26,27)12-8-9-16(25)24(10-12)11-15-21-18(20)17-13-6-4-3-5-7-14(13)28-19(17)22-15/h8-10H,3-7,11H2,1-2H3,(H2,20,21,22). The Labute approximate surface area is 173 Å². The molecule has 0 amide bonds. The van der Waals surface area contributed by atoms with Crippen LogP contribution in [0.5, 0.6) is 0 Å². The van der Waals surface area contributed by atoms with Gasteiger partial charge in [0.05, 0.1) is 16.8 Å². The first-order chi connectivity index (χ1) is 13.8. The monoisotopic (exact) mass is 433 g/mol. The van der Waals surface area contributed by atoms with Crippen molar-refractivity contribution in [2.24, 2.45) is 0 Å². The third-order valence-corrected chi connectivity index (χ3v) is 8.17. The lowest BCUT2D eigenvalue weighted by Crippen LogP contribution is -2.26. The number of rotatable bonds is 4. The van der Waals surface area contributed by atoms with Crippen LogP contribution in [0.4, 0.5) is 5.82 Å². The maximum atomic E-state index is 12.4. The first-order valence-corrected chi connectivity index (χ1v) is 11.7. The van der Waals surface area contributed by atoms with E-state index in [-0.39, 0.29) is 17.0 Å². The van der Waals surface area contributed by atoms with Gasteiger partial charge in [-0.15, -0.1) is 11.3 Å². The molecule has 154 valence electrons. The minimum Gasteiger partial charge on any atom is -0.383 e. The van der Waals surface area contributed by atoms with E-state index in [0.29, 0.717) is 11.6 Å². The lowest BCUT2D eigenvalue weighted by Gasteiger charge is -2.13. The summed E-state index contributed by atoms with van der Waals surface area (Å²) in [5.74, 6) is 0.822. The van der Waals surface area contributed by atoms with Crippen LogP contribution in [-0.2, 0) is 29.4 Å². The second kappa shape index (κ2) is 7.51. The summed E-state index contributed by atoms with van der Waals surface area (Å²) >= 11 is 1.65. The van der Waals surface area contributed by atoms with E-state index >= 15 is 0 Å². The molecule has 0 saturated carbocycles. The second-order valence-corrected chi connectivity index (χ2v) is 10.6. The van der Waals surface area contributed by atoms with Gasteiger partial charge in [-0.2, -0.15) is 0 Å². The van der Waals surface area contributed by atoms with Crippen molar-refractivity contribution in [1.29, 1.82) is 0 Å². The highest BCUT2D eigenvalue weighted by Crippen LogP contribution is 2.37. The molecule has 0 unspecified atom stereocenters. The van der Waals surface area contributed by atoms with Gasteiger partial charge in [0.1, 0.15) is 10.6 Å². The molecule has 2 N–H and O–H groups in total. The van der Waals surface area contributed by atoms with E-state index in [1.165, 1.54) is 60.3 Å². The number of nitrogens with zero attached hydrogens (tertiary/aromatic N) is 4. The van der Waals surface area contributed by atoms with Crippen molar-refractivity contribution in [2.45, 2.75) is 43.5 Å². The molecule has 0 saturated heterocycles. The molecule has 0 bridgehead atoms. The van der Waals surface area contributed by atoms with Crippen LogP contribution in [0.3, 0.4) is 0 Å². The molecule has 1 aliphatic carbocycles. The lowest BCUT2D eigenvalue weighted by molar-refractivity contribution is 0.519. The molecule has 0 fully saturated rings. The highest BCUT2D eigenvalue weighted by Gasteiger charge is 2.21. The number of nitrogen functional groups attached to an aromatic ring is 1. The van der Waals surface area contributed by atoms with E-state index in [1.54, 1.807) is 11.3 Å².